The Morgan fingerprint density at radius 2 is 2.00 bits per heavy atom. The number of nitrogens with one attached hydrogen (secondary N) is 1. The third-order valence-corrected chi connectivity index (χ3v) is 4.32. The van der Waals surface area contributed by atoms with Gasteiger partial charge < -0.3 is 15.2 Å². The van der Waals surface area contributed by atoms with E-state index in [1.807, 2.05) is 30.3 Å². The summed E-state index contributed by atoms with van der Waals surface area (Å²) in [7, 11) is 1.78. The number of hydrogen-bond acceptors (Lipinski definition) is 4. The topological polar surface area (TPSA) is 54.4 Å². The minimum absolute atomic E-state index is 0.0976. The zero-order valence-corrected chi connectivity index (χ0v) is 15.0. The molecule has 1 atom stereocenters. The Hall–Kier alpha value is -2.66. The molecule has 5 heteroatoms. The first-order valence-corrected chi connectivity index (χ1v) is 8.73. The van der Waals surface area contributed by atoms with Gasteiger partial charge in [0.2, 0.25) is 0 Å². The molecule has 1 unspecified atom stereocenters. The standard InChI is InChI=1S/C21H23FN2O2/c1-3-14-4-7-18-15(10-14)5-8-19(24-18)16-6-9-20(23-2)21(11-16)26-13-17(25)12-22/h4-11,17,23,25H,3,12-13H2,1-2H3. The van der Waals surface area contributed by atoms with Crippen LogP contribution in [0.5, 0.6) is 5.75 Å². The molecule has 0 saturated carbocycles. The molecule has 3 aromatic rings. The van der Waals surface area contributed by atoms with Crippen LogP contribution in [0.2, 0.25) is 0 Å². The lowest BCUT2D eigenvalue weighted by Crippen LogP contribution is -2.19. The van der Waals surface area contributed by atoms with Crippen molar-refractivity contribution in [1.82, 2.24) is 4.98 Å². The largest absolute Gasteiger partial charge is 0.489 e. The second-order valence-electron chi connectivity index (χ2n) is 6.16. The lowest BCUT2D eigenvalue weighted by atomic mass is 10.1. The Balaban J connectivity index is 1.94. The van der Waals surface area contributed by atoms with Gasteiger partial charge in [0.05, 0.1) is 16.9 Å². The fourth-order valence-electron chi connectivity index (χ4n) is 2.79. The molecule has 0 fully saturated rings. The predicted octanol–water partition coefficient (Wildman–Crippen LogP) is 4.22. The number of pyridine rings is 1. The molecule has 3 rings (SSSR count). The molecule has 0 aliphatic carbocycles. The van der Waals surface area contributed by atoms with Crippen LogP contribution in [0.1, 0.15) is 12.5 Å². The molecule has 4 nitrogen and oxygen atoms in total. The SMILES string of the molecule is CCc1ccc2nc(-c3ccc(NC)c(OCC(O)CF)c3)ccc2c1. The third-order valence-electron chi connectivity index (χ3n) is 4.32. The van der Waals surface area contributed by atoms with Crippen LogP contribution in [0.15, 0.2) is 48.5 Å². The van der Waals surface area contributed by atoms with E-state index in [1.165, 1.54) is 5.56 Å². The van der Waals surface area contributed by atoms with Gasteiger partial charge in [0.15, 0.2) is 0 Å². The van der Waals surface area contributed by atoms with Crippen molar-refractivity contribution < 1.29 is 14.2 Å². The molecular formula is C21H23FN2O2. The first-order chi connectivity index (χ1) is 12.6. The summed E-state index contributed by atoms with van der Waals surface area (Å²) < 4.78 is 18.0. The van der Waals surface area contributed by atoms with E-state index in [1.54, 1.807) is 7.05 Å². The number of ether oxygens (including phenoxy) is 1. The summed E-state index contributed by atoms with van der Waals surface area (Å²) in [5, 5.41) is 13.5. The van der Waals surface area contributed by atoms with Crippen LogP contribution in [-0.2, 0) is 6.42 Å². The van der Waals surface area contributed by atoms with Gasteiger partial charge in [0.25, 0.3) is 0 Å². The number of rotatable bonds is 7. The van der Waals surface area contributed by atoms with Gasteiger partial charge in [-0.05, 0) is 42.3 Å². The van der Waals surface area contributed by atoms with Gasteiger partial charge in [-0.3, -0.25) is 0 Å². The van der Waals surface area contributed by atoms with Crippen molar-refractivity contribution in [3.05, 3.63) is 54.1 Å². The van der Waals surface area contributed by atoms with E-state index in [0.29, 0.717) is 5.75 Å². The van der Waals surface area contributed by atoms with Crippen molar-refractivity contribution in [3.63, 3.8) is 0 Å². The number of halogens is 1. The summed E-state index contributed by atoms with van der Waals surface area (Å²) >= 11 is 0. The van der Waals surface area contributed by atoms with Crippen molar-refractivity contribution in [1.29, 1.82) is 0 Å². The highest BCUT2D eigenvalue weighted by Crippen LogP contribution is 2.31. The number of fused-ring (bicyclic) bond motifs is 1. The molecule has 0 spiro atoms. The summed E-state index contributed by atoms with van der Waals surface area (Å²) in [5.41, 5.74) is 4.73. The minimum atomic E-state index is -1.13. The molecule has 136 valence electrons. The lowest BCUT2D eigenvalue weighted by molar-refractivity contribution is 0.0845. The van der Waals surface area contributed by atoms with Gasteiger partial charge in [0.1, 0.15) is 25.1 Å². The van der Waals surface area contributed by atoms with E-state index in [2.05, 4.69) is 30.4 Å². The summed E-state index contributed by atoms with van der Waals surface area (Å²) in [5.74, 6) is 0.556. The number of nitrogens with zero attached hydrogens (tertiary/aromatic N) is 1. The summed E-state index contributed by atoms with van der Waals surface area (Å²) in [6.07, 6.45) is -0.135. The highest BCUT2D eigenvalue weighted by Gasteiger charge is 2.10. The Bertz CT molecular complexity index is 898. The fourth-order valence-corrected chi connectivity index (χ4v) is 2.79. The van der Waals surface area contributed by atoms with Crippen LogP contribution < -0.4 is 10.1 Å². The number of benzene rings is 2. The Morgan fingerprint density at radius 3 is 2.73 bits per heavy atom. The molecule has 1 heterocycles. The fraction of sp³-hybridized carbons (Fsp3) is 0.286. The van der Waals surface area contributed by atoms with Gasteiger partial charge in [-0.15, -0.1) is 0 Å². The van der Waals surface area contributed by atoms with E-state index in [-0.39, 0.29) is 6.61 Å². The van der Waals surface area contributed by atoms with E-state index < -0.39 is 12.8 Å². The van der Waals surface area contributed by atoms with Crippen molar-refractivity contribution in [2.75, 3.05) is 25.6 Å². The van der Waals surface area contributed by atoms with E-state index in [9.17, 15) is 9.50 Å². The van der Waals surface area contributed by atoms with Gasteiger partial charge in [-0.1, -0.05) is 25.1 Å². The molecule has 2 N–H and O–H groups in total. The van der Waals surface area contributed by atoms with Crippen molar-refractivity contribution in [2.24, 2.45) is 0 Å². The number of aromatic nitrogens is 1. The van der Waals surface area contributed by atoms with Gasteiger partial charge in [-0.2, -0.15) is 0 Å². The number of hydrogen-bond donors (Lipinski definition) is 2. The summed E-state index contributed by atoms with van der Waals surface area (Å²) in [6, 6.07) is 16.0. The molecule has 0 bridgehead atoms. The van der Waals surface area contributed by atoms with Crippen molar-refractivity contribution in [2.45, 2.75) is 19.4 Å². The molecule has 0 aliphatic heterocycles. The number of aryl methyl sites for hydroxylation is 1. The number of anilines is 1. The predicted molar refractivity (Wildman–Crippen MR) is 104 cm³/mol. The Labute approximate surface area is 152 Å². The summed E-state index contributed by atoms with van der Waals surface area (Å²) in [4.78, 5) is 4.74. The average Bonchev–Trinajstić information content (AvgIpc) is 2.70. The van der Waals surface area contributed by atoms with Gasteiger partial charge in [0, 0.05) is 18.0 Å². The summed E-state index contributed by atoms with van der Waals surface area (Å²) in [6.45, 7) is 1.20. The molecule has 0 aliphatic rings. The molecule has 1 aromatic heterocycles. The molecule has 0 saturated heterocycles. The van der Waals surface area contributed by atoms with E-state index >= 15 is 0 Å². The first-order valence-electron chi connectivity index (χ1n) is 8.73. The minimum Gasteiger partial charge on any atom is -0.489 e. The second kappa shape index (κ2) is 8.15. The Morgan fingerprint density at radius 1 is 1.15 bits per heavy atom. The smallest absolute Gasteiger partial charge is 0.143 e. The molecule has 2 aromatic carbocycles. The zero-order chi connectivity index (χ0) is 18.5. The van der Waals surface area contributed by atoms with Crippen LogP contribution in [-0.4, -0.2) is 36.5 Å². The van der Waals surface area contributed by atoms with E-state index in [0.717, 1.165) is 34.3 Å². The van der Waals surface area contributed by atoms with Gasteiger partial charge in [-0.25, -0.2) is 9.37 Å². The monoisotopic (exact) mass is 354 g/mol. The number of alkyl halides is 1. The lowest BCUT2D eigenvalue weighted by Gasteiger charge is -2.14. The van der Waals surface area contributed by atoms with Crippen LogP contribution in [0, 0.1) is 0 Å². The Kier molecular flexibility index (Phi) is 5.68. The molecule has 0 amide bonds. The average molecular weight is 354 g/mol. The first kappa shape index (κ1) is 18.1. The van der Waals surface area contributed by atoms with Crippen LogP contribution in [0.4, 0.5) is 10.1 Å². The maximum absolute atomic E-state index is 12.5. The normalized spacial score (nSPS) is 12.2. The number of aliphatic hydroxyl groups is 1. The maximum atomic E-state index is 12.5. The quantitative estimate of drug-likeness (QED) is 0.667. The zero-order valence-electron chi connectivity index (χ0n) is 15.0. The van der Waals surface area contributed by atoms with Crippen LogP contribution >= 0.6 is 0 Å². The highest BCUT2D eigenvalue weighted by molar-refractivity contribution is 5.82. The third kappa shape index (κ3) is 3.94. The van der Waals surface area contributed by atoms with Crippen molar-refractivity contribution in [3.8, 4) is 17.0 Å². The van der Waals surface area contributed by atoms with Crippen molar-refractivity contribution >= 4 is 16.6 Å². The van der Waals surface area contributed by atoms with E-state index in [4.69, 9.17) is 9.72 Å². The molecular weight excluding hydrogens is 331 g/mol. The van der Waals surface area contributed by atoms with Crippen LogP contribution in [0.3, 0.4) is 0 Å². The number of aliphatic hydroxyl groups excluding tert-OH is 1. The second-order valence-corrected chi connectivity index (χ2v) is 6.16. The maximum Gasteiger partial charge on any atom is 0.143 e. The molecule has 26 heavy (non-hydrogen) atoms. The van der Waals surface area contributed by atoms with Crippen LogP contribution in [0.25, 0.3) is 22.2 Å². The van der Waals surface area contributed by atoms with Gasteiger partial charge >= 0.3 is 0 Å². The molecule has 0 radical (unpaired) electrons. The highest BCUT2D eigenvalue weighted by atomic mass is 19.1.